The minimum Gasteiger partial charge on any atom is -0.316 e. The maximum atomic E-state index is 10.6. The van der Waals surface area contributed by atoms with E-state index in [2.05, 4.69) is 5.32 Å². The van der Waals surface area contributed by atoms with Crippen molar-refractivity contribution in [3.05, 3.63) is 0 Å². The summed E-state index contributed by atoms with van der Waals surface area (Å²) < 4.78 is 21.3. The molecule has 66 valence electrons. The van der Waals surface area contributed by atoms with Crippen molar-refractivity contribution < 1.29 is 8.42 Å². The van der Waals surface area contributed by atoms with E-state index in [4.69, 9.17) is 10.7 Å². The maximum Gasteiger partial charge on any atom is 0.232 e. The Balaban J connectivity index is 2.36. The highest BCUT2D eigenvalue weighted by Crippen LogP contribution is 2.14. The van der Waals surface area contributed by atoms with Crippen molar-refractivity contribution in [1.82, 2.24) is 5.32 Å². The van der Waals surface area contributed by atoms with E-state index in [1.807, 2.05) is 0 Å². The quantitative estimate of drug-likeness (QED) is 0.658. The van der Waals surface area contributed by atoms with Crippen LogP contribution in [0, 0.1) is 5.92 Å². The summed E-state index contributed by atoms with van der Waals surface area (Å²) >= 11 is 0. The molecule has 0 aromatic heterocycles. The standard InChI is InChI=1S/C6H12ClNO2S/c7-11(9,10)5-6-2-1-3-8-4-6/h6,8H,1-5H2. The van der Waals surface area contributed by atoms with Gasteiger partial charge in [-0.2, -0.15) is 0 Å². The summed E-state index contributed by atoms with van der Waals surface area (Å²) in [6.07, 6.45) is 2.02. The van der Waals surface area contributed by atoms with Gasteiger partial charge in [0.2, 0.25) is 9.05 Å². The van der Waals surface area contributed by atoms with Crippen molar-refractivity contribution >= 4 is 19.7 Å². The Morgan fingerprint density at radius 3 is 2.73 bits per heavy atom. The summed E-state index contributed by atoms with van der Waals surface area (Å²) in [5.74, 6) is 0.327. The predicted molar refractivity (Wildman–Crippen MR) is 45.2 cm³/mol. The molecule has 0 bridgehead atoms. The van der Waals surface area contributed by atoms with Gasteiger partial charge in [0.1, 0.15) is 0 Å². The molecular formula is C6H12ClNO2S. The van der Waals surface area contributed by atoms with Gasteiger partial charge >= 0.3 is 0 Å². The van der Waals surface area contributed by atoms with Crippen LogP contribution in [0.2, 0.25) is 0 Å². The second-order valence-electron chi connectivity index (χ2n) is 2.92. The molecule has 0 aromatic carbocycles. The lowest BCUT2D eigenvalue weighted by molar-refractivity contribution is 0.405. The molecule has 1 rings (SSSR count). The SMILES string of the molecule is O=S(=O)(Cl)CC1CCCNC1. The average Bonchev–Trinajstić information content (AvgIpc) is 1.85. The molecule has 1 aliphatic rings. The fraction of sp³-hybridized carbons (Fsp3) is 1.00. The van der Waals surface area contributed by atoms with Gasteiger partial charge in [0.25, 0.3) is 0 Å². The highest BCUT2D eigenvalue weighted by atomic mass is 35.7. The van der Waals surface area contributed by atoms with Gasteiger partial charge < -0.3 is 5.32 Å². The lowest BCUT2D eigenvalue weighted by Gasteiger charge is -2.20. The van der Waals surface area contributed by atoms with Crippen LogP contribution >= 0.6 is 10.7 Å². The van der Waals surface area contributed by atoms with Crippen LogP contribution in [0.5, 0.6) is 0 Å². The van der Waals surface area contributed by atoms with Crippen LogP contribution in [0.4, 0.5) is 0 Å². The van der Waals surface area contributed by atoms with E-state index < -0.39 is 9.05 Å². The van der Waals surface area contributed by atoms with E-state index >= 15 is 0 Å². The zero-order valence-corrected chi connectivity index (χ0v) is 7.79. The minimum absolute atomic E-state index is 0.113. The zero-order valence-electron chi connectivity index (χ0n) is 6.22. The number of piperidine rings is 1. The summed E-state index contributed by atoms with van der Waals surface area (Å²) in [5, 5.41) is 3.13. The highest BCUT2D eigenvalue weighted by molar-refractivity contribution is 8.13. The molecule has 1 N–H and O–H groups in total. The molecule has 0 amide bonds. The van der Waals surface area contributed by atoms with Crippen molar-refractivity contribution in [2.75, 3.05) is 18.8 Å². The van der Waals surface area contributed by atoms with Crippen LogP contribution in [0.15, 0.2) is 0 Å². The van der Waals surface area contributed by atoms with E-state index in [1.54, 1.807) is 0 Å². The molecule has 0 spiro atoms. The molecule has 1 heterocycles. The Hall–Kier alpha value is 0.200. The fourth-order valence-electron chi connectivity index (χ4n) is 1.35. The smallest absolute Gasteiger partial charge is 0.232 e. The van der Waals surface area contributed by atoms with Gasteiger partial charge in [-0.1, -0.05) is 0 Å². The van der Waals surface area contributed by atoms with Crippen LogP contribution < -0.4 is 5.32 Å². The molecule has 1 fully saturated rings. The van der Waals surface area contributed by atoms with Crippen molar-refractivity contribution in [2.45, 2.75) is 12.8 Å². The van der Waals surface area contributed by atoms with Gasteiger partial charge in [-0.25, -0.2) is 8.42 Å². The minimum atomic E-state index is -3.29. The van der Waals surface area contributed by atoms with Gasteiger partial charge in [0.15, 0.2) is 0 Å². The molecule has 0 saturated carbocycles. The van der Waals surface area contributed by atoms with Crippen molar-refractivity contribution in [1.29, 1.82) is 0 Å². The fourth-order valence-corrected chi connectivity index (χ4v) is 2.73. The number of halogens is 1. The van der Waals surface area contributed by atoms with Crippen LogP contribution in [0.1, 0.15) is 12.8 Å². The largest absolute Gasteiger partial charge is 0.316 e. The Morgan fingerprint density at radius 1 is 1.55 bits per heavy atom. The third-order valence-corrected chi connectivity index (χ3v) is 3.08. The first-order chi connectivity index (χ1) is 5.08. The lowest BCUT2D eigenvalue weighted by atomic mass is 10.0. The molecule has 3 nitrogen and oxygen atoms in total. The molecule has 1 saturated heterocycles. The monoisotopic (exact) mass is 197 g/mol. The summed E-state index contributed by atoms with van der Waals surface area (Å²) in [7, 11) is 1.82. The van der Waals surface area contributed by atoms with Gasteiger partial charge in [-0.15, -0.1) is 0 Å². The number of nitrogens with one attached hydrogen (secondary N) is 1. The van der Waals surface area contributed by atoms with Gasteiger partial charge in [-0.05, 0) is 31.8 Å². The lowest BCUT2D eigenvalue weighted by Crippen LogP contribution is -2.32. The molecular weight excluding hydrogens is 186 g/mol. The third-order valence-electron chi connectivity index (χ3n) is 1.83. The van der Waals surface area contributed by atoms with Crippen LogP contribution in [-0.4, -0.2) is 27.3 Å². The van der Waals surface area contributed by atoms with E-state index in [0.717, 1.165) is 25.9 Å². The molecule has 1 atom stereocenters. The molecule has 0 radical (unpaired) electrons. The highest BCUT2D eigenvalue weighted by Gasteiger charge is 2.18. The van der Waals surface area contributed by atoms with E-state index in [1.165, 1.54) is 0 Å². The first kappa shape index (κ1) is 9.29. The zero-order chi connectivity index (χ0) is 8.32. The number of hydrogen-bond donors (Lipinski definition) is 1. The number of rotatable bonds is 2. The molecule has 0 aliphatic carbocycles. The van der Waals surface area contributed by atoms with Crippen LogP contribution in [-0.2, 0) is 9.05 Å². The summed E-state index contributed by atoms with van der Waals surface area (Å²) in [5.41, 5.74) is 0. The first-order valence-corrected chi connectivity index (χ1v) is 6.19. The second-order valence-corrected chi connectivity index (χ2v) is 5.74. The molecule has 5 heteroatoms. The molecule has 1 unspecified atom stereocenters. The van der Waals surface area contributed by atoms with Crippen LogP contribution in [0.3, 0.4) is 0 Å². The molecule has 1 aliphatic heterocycles. The second kappa shape index (κ2) is 3.74. The Labute approximate surface area is 71.5 Å². The van der Waals surface area contributed by atoms with Crippen LogP contribution in [0.25, 0.3) is 0 Å². The maximum absolute atomic E-state index is 10.6. The Kier molecular flexibility index (Phi) is 3.16. The Bertz CT molecular complexity index is 209. The molecule has 0 aromatic rings. The van der Waals surface area contributed by atoms with Crippen molar-refractivity contribution in [3.8, 4) is 0 Å². The first-order valence-electron chi connectivity index (χ1n) is 3.71. The van der Waals surface area contributed by atoms with E-state index in [-0.39, 0.29) is 11.7 Å². The summed E-state index contributed by atoms with van der Waals surface area (Å²) in [6, 6.07) is 0. The van der Waals surface area contributed by atoms with Crippen molar-refractivity contribution in [3.63, 3.8) is 0 Å². The topological polar surface area (TPSA) is 46.2 Å². The van der Waals surface area contributed by atoms with E-state index in [0.29, 0.717) is 0 Å². The van der Waals surface area contributed by atoms with Crippen molar-refractivity contribution in [2.24, 2.45) is 5.92 Å². The van der Waals surface area contributed by atoms with Gasteiger partial charge in [-0.3, -0.25) is 0 Å². The third kappa shape index (κ3) is 3.94. The van der Waals surface area contributed by atoms with Gasteiger partial charge in [0.05, 0.1) is 5.75 Å². The van der Waals surface area contributed by atoms with E-state index in [9.17, 15) is 8.42 Å². The summed E-state index contributed by atoms with van der Waals surface area (Å²) in [4.78, 5) is 0. The Morgan fingerprint density at radius 2 is 2.27 bits per heavy atom. The van der Waals surface area contributed by atoms with Gasteiger partial charge in [0, 0.05) is 10.7 Å². The predicted octanol–water partition coefficient (Wildman–Crippen LogP) is 0.555. The number of hydrogen-bond acceptors (Lipinski definition) is 3. The summed E-state index contributed by atoms with van der Waals surface area (Å²) in [6.45, 7) is 1.78. The average molecular weight is 198 g/mol. The molecule has 11 heavy (non-hydrogen) atoms. The normalized spacial score (nSPS) is 26.8.